The molecule has 8 heteroatoms. The summed E-state index contributed by atoms with van der Waals surface area (Å²) in [7, 11) is 1.85. The monoisotopic (exact) mass is 278 g/mol. The van der Waals surface area contributed by atoms with Gasteiger partial charge in [-0.1, -0.05) is 4.49 Å². The number of aromatic nitrogens is 4. The molecule has 0 atom stereocenters. The molecule has 100 valence electrons. The minimum atomic E-state index is 0.108. The van der Waals surface area contributed by atoms with Crippen molar-refractivity contribution in [2.24, 2.45) is 7.05 Å². The van der Waals surface area contributed by atoms with Gasteiger partial charge in [0.25, 0.3) is 0 Å². The molecule has 7 nitrogen and oxygen atoms in total. The molecule has 1 aliphatic rings. The summed E-state index contributed by atoms with van der Waals surface area (Å²) >= 11 is 1.38. The molecule has 0 saturated carbocycles. The quantitative estimate of drug-likeness (QED) is 0.798. The standard InChI is InChI=1S/C11H14N6OS/c1-15-6-9(4-13-15)17-3-2-16(8-11(17)18)7-10-5-12-14-19-10/h4-6H,2-3,7-8H2,1H3. The van der Waals surface area contributed by atoms with Gasteiger partial charge in [0, 0.05) is 32.9 Å². The predicted octanol–water partition coefficient (Wildman–Crippen LogP) is 0.120. The van der Waals surface area contributed by atoms with Crippen LogP contribution in [-0.2, 0) is 18.4 Å². The molecule has 1 aliphatic heterocycles. The van der Waals surface area contributed by atoms with Crippen LogP contribution >= 0.6 is 11.5 Å². The number of carbonyl (C=O) groups excluding carboxylic acids is 1. The van der Waals surface area contributed by atoms with Crippen LogP contribution in [0.3, 0.4) is 0 Å². The van der Waals surface area contributed by atoms with E-state index in [-0.39, 0.29) is 5.91 Å². The first kappa shape index (κ1) is 12.2. The van der Waals surface area contributed by atoms with E-state index in [9.17, 15) is 4.79 Å². The van der Waals surface area contributed by atoms with Crippen molar-refractivity contribution >= 4 is 23.1 Å². The van der Waals surface area contributed by atoms with Crippen LogP contribution in [0.5, 0.6) is 0 Å². The number of aryl methyl sites for hydroxylation is 1. The third kappa shape index (κ3) is 2.64. The van der Waals surface area contributed by atoms with E-state index in [1.54, 1.807) is 22.0 Å². The highest BCUT2D eigenvalue weighted by Crippen LogP contribution is 2.17. The van der Waals surface area contributed by atoms with Crippen LogP contribution in [0.15, 0.2) is 18.6 Å². The average molecular weight is 278 g/mol. The van der Waals surface area contributed by atoms with Gasteiger partial charge in [0.15, 0.2) is 0 Å². The first-order chi connectivity index (χ1) is 9.22. The SMILES string of the molecule is Cn1cc(N2CCN(Cc3cnns3)CC2=O)cn1. The van der Waals surface area contributed by atoms with Gasteiger partial charge in [-0.3, -0.25) is 14.4 Å². The first-order valence-electron chi connectivity index (χ1n) is 6.00. The zero-order valence-electron chi connectivity index (χ0n) is 10.6. The molecule has 3 heterocycles. The Bertz CT molecular complexity index is 566. The van der Waals surface area contributed by atoms with Gasteiger partial charge in [0.2, 0.25) is 5.91 Å². The van der Waals surface area contributed by atoms with Crippen LogP contribution in [0.1, 0.15) is 4.88 Å². The van der Waals surface area contributed by atoms with Crippen LogP contribution < -0.4 is 4.90 Å². The van der Waals surface area contributed by atoms with Gasteiger partial charge < -0.3 is 4.90 Å². The fraction of sp³-hybridized carbons (Fsp3) is 0.455. The molecule has 3 rings (SSSR count). The van der Waals surface area contributed by atoms with Crippen molar-refractivity contribution in [2.75, 3.05) is 24.5 Å². The van der Waals surface area contributed by atoms with Crippen molar-refractivity contribution in [3.8, 4) is 0 Å². The molecule has 19 heavy (non-hydrogen) atoms. The van der Waals surface area contributed by atoms with E-state index < -0.39 is 0 Å². The molecular formula is C11H14N6OS. The van der Waals surface area contributed by atoms with Gasteiger partial charge in [-0.15, -0.1) is 5.10 Å². The van der Waals surface area contributed by atoms with Crippen molar-refractivity contribution < 1.29 is 4.79 Å². The fourth-order valence-corrected chi connectivity index (χ4v) is 2.69. The summed E-state index contributed by atoms with van der Waals surface area (Å²) in [6.45, 7) is 2.70. The largest absolute Gasteiger partial charge is 0.307 e. The van der Waals surface area contributed by atoms with Crippen LogP contribution in [0.2, 0.25) is 0 Å². The maximum absolute atomic E-state index is 12.2. The Morgan fingerprint density at radius 1 is 1.37 bits per heavy atom. The lowest BCUT2D eigenvalue weighted by Gasteiger charge is -2.33. The summed E-state index contributed by atoms with van der Waals surface area (Å²) in [4.78, 5) is 17.1. The minimum absolute atomic E-state index is 0.108. The Labute approximate surface area is 114 Å². The number of hydrogen-bond acceptors (Lipinski definition) is 6. The molecule has 1 amide bonds. The molecule has 0 bridgehead atoms. The topological polar surface area (TPSA) is 67.2 Å². The lowest BCUT2D eigenvalue weighted by Crippen LogP contribution is -2.49. The second-order valence-corrected chi connectivity index (χ2v) is 5.38. The van der Waals surface area contributed by atoms with Gasteiger partial charge in [0.1, 0.15) is 0 Å². The van der Waals surface area contributed by atoms with Gasteiger partial charge in [0.05, 0.1) is 29.5 Å². The Morgan fingerprint density at radius 2 is 2.26 bits per heavy atom. The third-order valence-corrected chi connectivity index (χ3v) is 3.73. The zero-order valence-corrected chi connectivity index (χ0v) is 11.4. The highest BCUT2D eigenvalue weighted by atomic mass is 32.1. The Balaban J connectivity index is 1.64. The van der Waals surface area contributed by atoms with E-state index in [0.29, 0.717) is 13.1 Å². The molecule has 1 saturated heterocycles. The van der Waals surface area contributed by atoms with Gasteiger partial charge >= 0.3 is 0 Å². The van der Waals surface area contributed by atoms with E-state index in [4.69, 9.17) is 0 Å². The fourth-order valence-electron chi connectivity index (χ4n) is 2.16. The number of rotatable bonds is 3. The van der Waals surface area contributed by atoms with Crippen LogP contribution in [0.25, 0.3) is 0 Å². The first-order valence-corrected chi connectivity index (χ1v) is 6.77. The lowest BCUT2D eigenvalue weighted by atomic mass is 10.3. The van der Waals surface area contributed by atoms with Crippen molar-refractivity contribution in [2.45, 2.75) is 6.54 Å². The number of amides is 1. The van der Waals surface area contributed by atoms with Crippen LogP contribution in [-0.4, -0.2) is 49.8 Å². The highest BCUT2D eigenvalue weighted by Gasteiger charge is 2.26. The molecule has 0 N–H and O–H groups in total. The highest BCUT2D eigenvalue weighted by molar-refractivity contribution is 7.05. The number of nitrogens with zero attached hydrogens (tertiary/aromatic N) is 6. The molecule has 0 radical (unpaired) electrons. The van der Waals surface area contributed by atoms with E-state index in [0.717, 1.165) is 23.7 Å². The molecule has 0 aliphatic carbocycles. The molecule has 2 aromatic heterocycles. The second kappa shape index (κ2) is 5.06. The molecular weight excluding hydrogens is 264 g/mol. The third-order valence-electron chi connectivity index (χ3n) is 3.09. The molecule has 2 aromatic rings. The summed E-state index contributed by atoms with van der Waals surface area (Å²) in [6, 6.07) is 0. The molecule has 0 aromatic carbocycles. The van der Waals surface area contributed by atoms with Crippen molar-refractivity contribution in [1.29, 1.82) is 0 Å². The Hall–Kier alpha value is -1.80. The van der Waals surface area contributed by atoms with Crippen molar-refractivity contribution in [1.82, 2.24) is 24.3 Å². The van der Waals surface area contributed by atoms with E-state index >= 15 is 0 Å². The number of hydrogen-bond donors (Lipinski definition) is 0. The van der Waals surface area contributed by atoms with Crippen LogP contribution in [0, 0.1) is 0 Å². The van der Waals surface area contributed by atoms with Gasteiger partial charge in [-0.2, -0.15) is 5.10 Å². The number of piperazine rings is 1. The van der Waals surface area contributed by atoms with E-state index in [1.165, 1.54) is 11.5 Å². The summed E-state index contributed by atoms with van der Waals surface area (Å²) in [5.41, 5.74) is 0.867. The van der Waals surface area contributed by atoms with Crippen molar-refractivity contribution in [3.63, 3.8) is 0 Å². The summed E-state index contributed by atoms with van der Waals surface area (Å²) in [6.07, 6.45) is 5.34. The predicted molar refractivity (Wildman–Crippen MR) is 70.7 cm³/mol. The molecule has 0 unspecified atom stereocenters. The normalized spacial score (nSPS) is 17.1. The Morgan fingerprint density at radius 3 is 2.89 bits per heavy atom. The molecule has 1 fully saturated rings. The number of carbonyl (C=O) groups is 1. The maximum Gasteiger partial charge on any atom is 0.241 e. The van der Waals surface area contributed by atoms with Crippen LogP contribution in [0.4, 0.5) is 5.69 Å². The van der Waals surface area contributed by atoms with Gasteiger partial charge in [-0.05, 0) is 11.5 Å². The Kier molecular flexibility index (Phi) is 3.26. The van der Waals surface area contributed by atoms with Gasteiger partial charge in [-0.25, -0.2) is 0 Å². The van der Waals surface area contributed by atoms with E-state index in [1.807, 2.05) is 13.2 Å². The summed E-state index contributed by atoms with van der Waals surface area (Å²) in [5.74, 6) is 0.108. The molecule has 0 spiro atoms. The zero-order chi connectivity index (χ0) is 13.2. The minimum Gasteiger partial charge on any atom is -0.307 e. The summed E-state index contributed by atoms with van der Waals surface area (Å²) < 4.78 is 5.54. The lowest BCUT2D eigenvalue weighted by molar-refractivity contribution is -0.121. The smallest absolute Gasteiger partial charge is 0.241 e. The van der Waals surface area contributed by atoms with Crippen molar-refractivity contribution in [3.05, 3.63) is 23.5 Å². The maximum atomic E-state index is 12.2. The average Bonchev–Trinajstić information content (AvgIpc) is 3.01. The summed E-state index contributed by atoms with van der Waals surface area (Å²) in [5, 5.41) is 7.91. The van der Waals surface area contributed by atoms with E-state index in [2.05, 4.69) is 19.6 Å². The second-order valence-electron chi connectivity index (χ2n) is 4.51. The number of anilines is 1.